The van der Waals surface area contributed by atoms with Gasteiger partial charge in [0, 0.05) is 6.42 Å². The molecule has 0 bridgehead atoms. The second-order valence-electron chi connectivity index (χ2n) is 2.62. The van der Waals surface area contributed by atoms with Gasteiger partial charge in [0.05, 0.1) is 12.9 Å². The Morgan fingerprint density at radius 1 is 1.31 bits per heavy atom. The second kappa shape index (κ2) is 4.96. The van der Waals surface area contributed by atoms with Crippen LogP contribution in [0, 0.1) is 0 Å². The molecule has 0 aromatic heterocycles. The summed E-state index contributed by atoms with van der Waals surface area (Å²) >= 11 is 0. The van der Waals surface area contributed by atoms with Crippen molar-refractivity contribution in [3.8, 4) is 0 Å². The summed E-state index contributed by atoms with van der Waals surface area (Å²) in [7, 11) is -2.37. The van der Waals surface area contributed by atoms with E-state index in [0.717, 1.165) is 7.11 Å². The average Bonchev–Trinajstić information content (AvgIpc) is 2.00. The predicted octanol–water partition coefficient (Wildman–Crippen LogP) is -0.447. The lowest BCUT2D eigenvalue weighted by atomic mass is 10.4. The monoisotopic (exact) mass is 208 g/mol. The first-order valence-electron chi connectivity index (χ1n) is 3.64. The van der Waals surface area contributed by atoms with Gasteiger partial charge in [-0.05, 0) is 6.92 Å². The van der Waals surface area contributed by atoms with Crippen LogP contribution in [0.1, 0.15) is 13.3 Å². The summed E-state index contributed by atoms with van der Waals surface area (Å²) in [6, 6.07) is 0. The molecule has 0 aromatic carbocycles. The molecule has 0 saturated heterocycles. The van der Waals surface area contributed by atoms with Crippen LogP contribution in [-0.2, 0) is 24.2 Å². The van der Waals surface area contributed by atoms with Crippen molar-refractivity contribution in [2.45, 2.75) is 13.3 Å². The van der Waals surface area contributed by atoms with Crippen molar-refractivity contribution in [2.24, 2.45) is 0 Å². The van der Waals surface area contributed by atoms with Gasteiger partial charge in [-0.3, -0.25) is 9.59 Å². The van der Waals surface area contributed by atoms with Crippen LogP contribution in [0.4, 0.5) is 0 Å². The Labute approximate surface area is 77.0 Å². The molecule has 6 heteroatoms. The number of rotatable bonds is 5. The molecule has 0 aliphatic carbocycles. The van der Waals surface area contributed by atoms with E-state index >= 15 is 0 Å². The van der Waals surface area contributed by atoms with Crippen LogP contribution in [0.15, 0.2) is 0 Å². The molecule has 0 atom stereocenters. The van der Waals surface area contributed by atoms with Gasteiger partial charge in [0.1, 0.15) is 11.5 Å². The van der Waals surface area contributed by atoms with Crippen molar-refractivity contribution in [3.63, 3.8) is 0 Å². The van der Waals surface area contributed by atoms with Crippen LogP contribution >= 0.6 is 0 Å². The normalized spacial score (nSPS) is 10.9. The minimum Gasteiger partial charge on any atom is -0.468 e. The Morgan fingerprint density at radius 3 is 2.23 bits per heavy atom. The van der Waals surface area contributed by atoms with Crippen LogP contribution in [0.25, 0.3) is 0 Å². The molecule has 0 radical (unpaired) electrons. The smallest absolute Gasteiger partial charge is 0.320 e. The lowest BCUT2D eigenvalue weighted by Gasteiger charge is -2.00. The maximum Gasteiger partial charge on any atom is 0.320 e. The molecule has 76 valence electrons. The number of carbonyl (C=O) groups excluding carboxylic acids is 2. The van der Waals surface area contributed by atoms with E-state index < -0.39 is 21.6 Å². The predicted molar refractivity (Wildman–Crippen MR) is 46.0 cm³/mol. The van der Waals surface area contributed by atoms with Gasteiger partial charge in [0.2, 0.25) is 0 Å². The van der Waals surface area contributed by atoms with Crippen LogP contribution in [0.5, 0.6) is 0 Å². The molecular weight excluding hydrogens is 196 g/mol. The van der Waals surface area contributed by atoms with Crippen LogP contribution in [0.3, 0.4) is 0 Å². The maximum atomic E-state index is 11.1. The van der Waals surface area contributed by atoms with Crippen molar-refractivity contribution >= 4 is 21.6 Å². The molecule has 13 heavy (non-hydrogen) atoms. The van der Waals surface area contributed by atoms with Crippen LogP contribution in [0.2, 0.25) is 0 Å². The van der Waals surface area contributed by atoms with E-state index in [2.05, 4.69) is 4.74 Å². The minimum absolute atomic E-state index is 0.0562. The standard InChI is InChI=1S/C7H12O5S/c1-6(8)3-4-13(10,11)5-7(9)12-2/h3-5H2,1-2H3. The molecule has 0 amide bonds. The number of hydrogen-bond acceptors (Lipinski definition) is 5. The first kappa shape index (κ1) is 12.1. The fourth-order valence-corrected chi connectivity index (χ4v) is 1.83. The van der Waals surface area contributed by atoms with Crippen molar-refractivity contribution in [1.82, 2.24) is 0 Å². The van der Waals surface area contributed by atoms with E-state index in [0.29, 0.717) is 0 Å². The van der Waals surface area contributed by atoms with E-state index in [1.165, 1.54) is 6.92 Å². The van der Waals surface area contributed by atoms with Gasteiger partial charge in [0.25, 0.3) is 0 Å². The number of esters is 1. The summed E-state index contributed by atoms with van der Waals surface area (Å²) in [6.07, 6.45) is -0.0562. The van der Waals surface area contributed by atoms with Gasteiger partial charge in [0.15, 0.2) is 9.84 Å². The highest BCUT2D eigenvalue weighted by Crippen LogP contribution is 1.95. The third-order valence-electron chi connectivity index (χ3n) is 1.33. The van der Waals surface area contributed by atoms with Crippen molar-refractivity contribution in [2.75, 3.05) is 18.6 Å². The highest BCUT2D eigenvalue weighted by atomic mass is 32.2. The van der Waals surface area contributed by atoms with E-state index in [4.69, 9.17) is 0 Å². The highest BCUT2D eigenvalue weighted by molar-refractivity contribution is 7.92. The summed E-state index contributed by atoms with van der Waals surface area (Å²) in [5, 5.41) is 0. The summed E-state index contributed by atoms with van der Waals surface area (Å²) in [4.78, 5) is 21.1. The first-order valence-corrected chi connectivity index (χ1v) is 5.46. The topological polar surface area (TPSA) is 77.5 Å². The SMILES string of the molecule is COC(=O)CS(=O)(=O)CCC(C)=O. The van der Waals surface area contributed by atoms with Crippen molar-refractivity contribution < 1.29 is 22.7 Å². The lowest BCUT2D eigenvalue weighted by Crippen LogP contribution is -2.20. The van der Waals surface area contributed by atoms with Gasteiger partial charge >= 0.3 is 5.97 Å². The van der Waals surface area contributed by atoms with E-state index in [9.17, 15) is 18.0 Å². The summed E-state index contributed by atoms with van der Waals surface area (Å²) in [5.41, 5.74) is 0. The Hall–Kier alpha value is -0.910. The Kier molecular flexibility index (Phi) is 4.61. The van der Waals surface area contributed by atoms with E-state index in [1.807, 2.05) is 0 Å². The minimum atomic E-state index is -3.48. The molecule has 0 heterocycles. The zero-order valence-electron chi connectivity index (χ0n) is 7.57. The fourth-order valence-electron chi connectivity index (χ4n) is 0.610. The second-order valence-corrected chi connectivity index (χ2v) is 4.80. The molecule has 5 nitrogen and oxygen atoms in total. The third-order valence-corrected chi connectivity index (χ3v) is 2.83. The van der Waals surface area contributed by atoms with Gasteiger partial charge < -0.3 is 4.74 Å². The van der Waals surface area contributed by atoms with Gasteiger partial charge in [-0.2, -0.15) is 0 Å². The molecule has 0 spiro atoms. The quantitative estimate of drug-likeness (QED) is 0.572. The largest absolute Gasteiger partial charge is 0.468 e. The summed E-state index contributed by atoms with van der Waals surface area (Å²) < 4.78 is 26.3. The molecule has 0 unspecified atom stereocenters. The number of carbonyl (C=O) groups is 2. The number of Topliss-reactive ketones (excluding diaryl/α,β-unsaturated/α-hetero) is 1. The summed E-state index contributed by atoms with van der Waals surface area (Å²) in [5.74, 6) is -1.97. The molecule has 0 rings (SSSR count). The molecule has 0 N–H and O–H groups in total. The van der Waals surface area contributed by atoms with Crippen molar-refractivity contribution in [3.05, 3.63) is 0 Å². The van der Waals surface area contributed by atoms with Crippen LogP contribution in [-0.4, -0.2) is 38.8 Å². The zero-order valence-corrected chi connectivity index (χ0v) is 8.39. The van der Waals surface area contributed by atoms with Gasteiger partial charge in [-0.15, -0.1) is 0 Å². The maximum absolute atomic E-state index is 11.1. The molecule has 0 aliphatic heterocycles. The number of methoxy groups -OCH3 is 1. The molecular formula is C7H12O5S. The Morgan fingerprint density at radius 2 is 1.85 bits per heavy atom. The van der Waals surface area contributed by atoms with Crippen molar-refractivity contribution in [1.29, 1.82) is 0 Å². The zero-order chi connectivity index (χ0) is 10.5. The molecule has 0 aliphatic rings. The van der Waals surface area contributed by atoms with E-state index in [1.54, 1.807) is 0 Å². The van der Waals surface area contributed by atoms with E-state index in [-0.39, 0.29) is 18.0 Å². The molecule has 0 fully saturated rings. The summed E-state index contributed by atoms with van der Waals surface area (Å²) in [6.45, 7) is 1.30. The average molecular weight is 208 g/mol. The first-order chi connectivity index (χ1) is 5.87. The van der Waals surface area contributed by atoms with Gasteiger partial charge in [-0.25, -0.2) is 8.42 Å². The fraction of sp³-hybridized carbons (Fsp3) is 0.714. The lowest BCUT2D eigenvalue weighted by molar-refractivity contribution is -0.137. The highest BCUT2D eigenvalue weighted by Gasteiger charge is 2.17. The Bertz CT molecular complexity index is 290. The Balaban J connectivity index is 4.10. The number of ether oxygens (including phenoxy) is 1. The van der Waals surface area contributed by atoms with Crippen LogP contribution < -0.4 is 0 Å². The number of hydrogen-bond donors (Lipinski definition) is 0. The molecule has 0 aromatic rings. The molecule has 0 saturated carbocycles. The van der Waals surface area contributed by atoms with Gasteiger partial charge in [-0.1, -0.05) is 0 Å². The third kappa shape index (κ3) is 6.27. The number of sulfone groups is 1. The number of ketones is 1.